The molecule has 0 bridgehead atoms. The Morgan fingerprint density at radius 3 is 2.50 bits per heavy atom. The second kappa shape index (κ2) is 8.21. The second-order valence-corrected chi connectivity index (χ2v) is 4.12. The molecule has 0 saturated heterocycles. The Morgan fingerprint density at radius 1 is 1.36 bits per heavy atom. The van der Waals surface area contributed by atoms with Crippen molar-refractivity contribution < 1.29 is 9.84 Å². The van der Waals surface area contributed by atoms with Crippen LogP contribution in [0.1, 0.15) is 33.6 Å². The SMILES string of the molecule is CCCC(O)CN(C)CCOC(C)C. The van der Waals surface area contributed by atoms with Crippen LogP contribution in [0, 0.1) is 0 Å². The van der Waals surface area contributed by atoms with Gasteiger partial charge in [-0.2, -0.15) is 0 Å². The summed E-state index contributed by atoms with van der Waals surface area (Å²) in [6, 6.07) is 0. The van der Waals surface area contributed by atoms with Crippen LogP contribution in [0.25, 0.3) is 0 Å². The first kappa shape index (κ1) is 13.9. The largest absolute Gasteiger partial charge is 0.392 e. The molecule has 0 heterocycles. The van der Waals surface area contributed by atoms with Gasteiger partial charge in [-0.05, 0) is 27.3 Å². The lowest BCUT2D eigenvalue weighted by atomic mass is 10.2. The molecule has 0 spiro atoms. The Labute approximate surface area is 88.1 Å². The number of aliphatic hydroxyl groups excluding tert-OH is 1. The van der Waals surface area contributed by atoms with E-state index >= 15 is 0 Å². The topological polar surface area (TPSA) is 32.7 Å². The van der Waals surface area contributed by atoms with E-state index in [4.69, 9.17) is 4.74 Å². The fourth-order valence-electron chi connectivity index (χ4n) is 1.32. The van der Waals surface area contributed by atoms with Gasteiger partial charge in [-0.15, -0.1) is 0 Å². The van der Waals surface area contributed by atoms with Crippen molar-refractivity contribution in [3.8, 4) is 0 Å². The fraction of sp³-hybridized carbons (Fsp3) is 1.00. The highest BCUT2D eigenvalue weighted by atomic mass is 16.5. The van der Waals surface area contributed by atoms with Gasteiger partial charge in [0.2, 0.25) is 0 Å². The van der Waals surface area contributed by atoms with Gasteiger partial charge < -0.3 is 14.7 Å². The highest BCUT2D eigenvalue weighted by Gasteiger charge is 2.06. The van der Waals surface area contributed by atoms with Crippen molar-refractivity contribution in [2.24, 2.45) is 0 Å². The normalized spacial score (nSPS) is 13.9. The Hall–Kier alpha value is -0.120. The van der Waals surface area contributed by atoms with E-state index in [9.17, 15) is 5.11 Å². The van der Waals surface area contributed by atoms with Crippen molar-refractivity contribution in [2.75, 3.05) is 26.7 Å². The van der Waals surface area contributed by atoms with E-state index in [-0.39, 0.29) is 6.10 Å². The van der Waals surface area contributed by atoms with Gasteiger partial charge in [0, 0.05) is 13.1 Å². The van der Waals surface area contributed by atoms with Gasteiger partial charge in [0.05, 0.1) is 18.8 Å². The molecular weight excluding hydrogens is 178 g/mol. The molecule has 0 aromatic carbocycles. The molecule has 0 aromatic rings. The van der Waals surface area contributed by atoms with Crippen LogP contribution in [0.4, 0.5) is 0 Å². The van der Waals surface area contributed by atoms with E-state index in [1.54, 1.807) is 0 Å². The van der Waals surface area contributed by atoms with Gasteiger partial charge in [-0.1, -0.05) is 13.3 Å². The van der Waals surface area contributed by atoms with Crippen molar-refractivity contribution in [3.05, 3.63) is 0 Å². The van der Waals surface area contributed by atoms with Crippen LogP contribution < -0.4 is 0 Å². The minimum atomic E-state index is -0.191. The van der Waals surface area contributed by atoms with Gasteiger partial charge in [0.25, 0.3) is 0 Å². The molecule has 3 heteroatoms. The Morgan fingerprint density at radius 2 is 2.00 bits per heavy atom. The van der Waals surface area contributed by atoms with E-state index in [1.165, 1.54) is 0 Å². The van der Waals surface area contributed by atoms with Crippen LogP contribution in [-0.4, -0.2) is 49.0 Å². The van der Waals surface area contributed by atoms with Crippen molar-refractivity contribution in [3.63, 3.8) is 0 Å². The number of aliphatic hydroxyl groups is 1. The minimum Gasteiger partial charge on any atom is -0.392 e. The third-order valence-corrected chi connectivity index (χ3v) is 2.07. The van der Waals surface area contributed by atoms with Crippen molar-refractivity contribution >= 4 is 0 Å². The van der Waals surface area contributed by atoms with Crippen LogP contribution in [0.5, 0.6) is 0 Å². The third kappa shape index (κ3) is 8.48. The molecule has 0 aliphatic carbocycles. The van der Waals surface area contributed by atoms with Gasteiger partial charge in [-0.3, -0.25) is 0 Å². The average Bonchev–Trinajstić information content (AvgIpc) is 2.03. The van der Waals surface area contributed by atoms with Crippen LogP contribution >= 0.6 is 0 Å². The predicted molar refractivity (Wildman–Crippen MR) is 59.5 cm³/mol. The molecule has 0 amide bonds. The molecule has 86 valence electrons. The van der Waals surface area contributed by atoms with Crippen molar-refractivity contribution in [1.82, 2.24) is 4.90 Å². The number of ether oxygens (including phenoxy) is 1. The molecule has 1 unspecified atom stereocenters. The molecule has 0 saturated carbocycles. The van der Waals surface area contributed by atoms with Crippen LogP contribution in [0.3, 0.4) is 0 Å². The summed E-state index contributed by atoms with van der Waals surface area (Å²) in [6.07, 6.45) is 2.03. The van der Waals surface area contributed by atoms with Gasteiger partial charge >= 0.3 is 0 Å². The lowest BCUT2D eigenvalue weighted by Crippen LogP contribution is -2.32. The molecule has 3 nitrogen and oxygen atoms in total. The molecule has 0 aromatic heterocycles. The van der Waals surface area contributed by atoms with E-state index < -0.39 is 0 Å². The summed E-state index contributed by atoms with van der Waals surface area (Å²) < 4.78 is 5.43. The molecule has 0 aliphatic rings. The molecular formula is C11H25NO2. The standard InChI is InChI=1S/C11H25NO2/c1-5-6-11(13)9-12(4)7-8-14-10(2)3/h10-11,13H,5-9H2,1-4H3. The lowest BCUT2D eigenvalue weighted by Gasteiger charge is -2.20. The van der Waals surface area contributed by atoms with Crippen LogP contribution in [-0.2, 0) is 4.74 Å². The van der Waals surface area contributed by atoms with Crippen molar-refractivity contribution in [2.45, 2.75) is 45.8 Å². The number of hydrogen-bond donors (Lipinski definition) is 1. The highest BCUT2D eigenvalue weighted by molar-refractivity contribution is 4.60. The third-order valence-electron chi connectivity index (χ3n) is 2.07. The monoisotopic (exact) mass is 203 g/mol. The lowest BCUT2D eigenvalue weighted by molar-refractivity contribution is 0.0507. The summed E-state index contributed by atoms with van der Waals surface area (Å²) in [5, 5.41) is 9.55. The first-order valence-electron chi connectivity index (χ1n) is 5.54. The molecule has 0 fully saturated rings. The zero-order valence-electron chi connectivity index (χ0n) is 9.99. The Bertz CT molecular complexity index is 128. The first-order valence-corrected chi connectivity index (χ1v) is 5.54. The van der Waals surface area contributed by atoms with Gasteiger partial charge in [0.15, 0.2) is 0 Å². The Kier molecular flexibility index (Phi) is 8.14. The van der Waals surface area contributed by atoms with Crippen molar-refractivity contribution in [1.29, 1.82) is 0 Å². The summed E-state index contributed by atoms with van der Waals surface area (Å²) in [7, 11) is 2.02. The quantitative estimate of drug-likeness (QED) is 0.649. The minimum absolute atomic E-state index is 0.191. The smallest absolute Gasteiger partial charge is 0.0666 e. The second-order valence-electron chi connectivity index (χ2n) is 4.12. The highest BCUT2D eigenvalue weighted by Crippen LogP contribution is 1.98. The molecule has 1 atom stereocenters. The first-order chi connectivity index (χ1) is 6.56. The van der Waals surface area contributed by atoms with E-state index in [0.29, 0.717) is 6.10 Å². The summed E-state index contributed by atoms with van der Waals surface area (Å²) in [5.41, 5.74) is 0. The molecule has 0 radical (unpaired) electrons. The van der Waals surface area contributed by atoms with Crippen LogP contribution in [0.2, 0.25) is 0 Å². The molecule has 1 N–H and O–H groups in total. The number of nitrogens with zero attached hydrogens (tertiary/aromatic N) is 1. The molecule has 14 heavy (non-hydrogen) atoms. The number of rotatable bonds is 8. The maximum atomic E-state index is 9.55. The maximum absolute atomic E-state index is 9.55. The van der Waals surface area contributed by atoms with Crippen LogP contribution in [0.15, 0.2) is 0 Å². The molecule has 0 aliphatic heterocycles. The van der Waals surface area contributed by atoms with Gasteiger partial charge in [-0.25, -0.2) is 0 Å². The van der Waals surface area contributed by atoms with E-state index in [1.807, 2.05) is 20.9 Å². The number of likely N-dealkylation sites (N-methyl/N-ethyl adjacent to an activating group) is 1. The zero-order valence-corrected chi connectivity index (χ0v) is 9.99. The van der Waals surface area contributed by atoms with Gasteiger partial charge in [0.1, 0.15) is 0 Å². The fourth-order valence-corrected chi connectivity index (χ4v) is 1.32. The summed E-state index contributed by atoms with van der Waals surface area (Å²) >= 11 is 0. The van der Waals surface area contributed by atoms with E-state index in [0.717, 1.165) is 32.5 Å². The van der Waals surface area contributed by atoms with E-state index in [2.05, 4.69) is 11.8 Å². The maximum Gasteiger partial charge on any atom is 0.0666 e. The predicted octanol–water partition coefficient (Wildman–Crippen LogP) is 1.50. The average molecular weight is 203 g/mol. The molecule has 0 rings (SSSR count). The zero-order chi connectivity index (χ0) is 11.0. The summed E-state index contributed by atoms with van der Waals surface area (Å²) in [4.78, 5) is 2.11. The summed E-state index contributed by atoms with van der Waals surface area (Å²) in [6.45, 7) is 8.53. The number of hydrogen-bond acceptors (Lipinski definition) is 3. The summed E-state index contributed by atoms with van der Waals surface area (Å²) in [5.74, 6) is 0. The Balaban J connectivity index is 3.39.